The minimum absolute atomic E-state index is 0.0883. The lowest BCUT2D eigenvalue weighted by Crippen LogP contribution is -2.30. The highest BCUT2D eigenvalue weighted by atomic mass is 16.6. The topological polar surface area (TPSA) is 78.9 Å². The Kier molecular flexibility index (Phi) is 65.7. The molecule has 466 valence electrons. The van der Waals surface area contributed by atoms with Crippen LogP contribution in [0.2, 0.25) is 0 Å². The van der Waals surface area contributed by atoms with Gasteiger partial charge in [-0.1, -0.05) is 298 Å². The Hall–Kier alpha value is -3.67. The zero-order valence-electron chi connectivity index (χ0n) is 53.5. The van der Waals surface area contributed by atoms with Gasteiger partial charge in [0.1, 0.15) is 13.2 Å². The third-order valence-corrected chi connectivity index (χ3v) is 15.0. The van der Waals surface area contributed by atoms with Gasteiger partial charge in [-0.25, -0.2) is 0 Å². The fraction of sp³-hybridized carbons (Fsp3) is 0.747. The van der Waals surface area contributed by atoms with Gasteiger partial charge < -0.3 is 14.2 Å². The van der Waals surface area contributed by atoms with Crippen LogP contribution in [0, 0.1) is 0 Å². The minimum Gasteiger partial charge on any atom is -0.462 e. The highest BCUT2D eigenvalue weighted by Gasteiger charge is 2.19. The largest absolute Gasteiger partial charge is 0.462 e. The van der Waals surface area contributed by atoms with Crippen molar-refractivity contribution in [2.24, 2.45) is 0 Å². The Labute approximate surface area is 502 Å². The van der Waals surface area contributed by atoms with Gasteiger partial charge in [0.15, 0.2) is 6.10 Å². The Balaban J connectivity index is 4.29. The molecule has 0 fully saturated rings. The number of esters is 3. The molecule has 6 nitrogen and oxygen atoms in total. The van der Waals surface area contributed by atoms with Gasteiger partial charge in [-0.2, -0.15) is 0 Å². The molecule has 0 bridgehead atoms. The van der Waals surface area contributed by atoms with Gasteiger partial charge in [0.2, 0.25) is 0 Å². The van der Waals surface area contributed by atoms with Crippen molar-refractivity contribution in [3.05, 3.63) is 97.2 Å². The van der Waals surface area contributed by atoms with Crippen molar-refractivity contribution >= 4 is 17.9 Å². The Bertz CT molecular complexity index is 1580. The lowest BCUT2D eigenvalue weighted by atomic mass is 10.0. The fourth-order valence-electron chi connectivity index (χ4n) is 9.85. The van der Waals surface area contributed by atoms with Crippen LogP contribution in [0.5, 0.6) is 0 Å². The summed E-state index contributed by atoms with van der Waals surface area (Å²) in [6.45, 7) is 6.50. The summed E-state index contributed by atoms with van der Waals surface area (Å²) in [4.78, 5) is 38.4. The molecule has 0 aliphatic heterocycles. The summed E-state index contributed by atoms with van der Waals surface area (Å²) >= 11 is 0. The maximum absolute atomic E-state index is 12.9. The van der Waals surface area contributed by atoms with E-state index in [1.807, 2.05) is 0 Å². The third-order valence-electron chi connectivity index (χ3n) is 15.0. The van der Waals surface area contributed by atoms with Crippen LogP contribution in [0.25, 0.3) is 0 Å². The number of carbonyl (C=O) groups is 3. The van der Waals surface area contributed by atoms with Gasteiger partial charge in [-0.05, 0) is 122 Å². The third kappa shape index (κ3) is 67.0. The van der Waals surface area contributed by atoms with Gasteiger partial charge in [0, 0.05) is 19.3 Å². The quantitative estimate of drug-likeness (QED) is 0.0261. The molecule has 0 amide bonds. The number of carbonyl (C=O) groups excluding carboxylic acids is 3. The normalized spacial score (nSPS) is 12.7. The summed E-state index contributed by atoms with van der Waals surface area (Å²) in [6, 6.07) is 0. The van der Waals surface area contributed by atoms with Crippen LogP contribution in [-0.2, 0) is 28.6 Å². The maximum atomic E-state index is 12.9. The van der Waals surface area contributed by atoms with Gasteiger partial charge in [-0.15, -0.1) is 0 Å². The van der Waals surface area contributed by atoms with Crippen LogP contribution >= 0.6 is 0 Å². The molecule has 0 radical (unpaired) electrons. The predicted octanol–water partition coefficient (Wildman–Crippen LogP) is 24.0. The number of hydrogen-bond acceptors (Lipinski definition) is 6. The van der Waals surface area contributed by atoms with Crippen molar-refractivity contribution in [3.8, 4) is 0 Å². The molecule has 81 heavy (non-hydrogen) atoms. The molecule has 1 unspecified atom stereocenters. The SMILES string of the molecule is CC/C=C\C/C=C\C/C=C\C/C=C\CCCCCCC(=O)OC(COC(=O)CCCCCCCCC/C=C\C/C=C\CCCCC)COC(=O)CCCCCCCCCCCCCCCCCCC/C=C\C/C=C\CCCCCCC. The van der Waals surface area contributed by atoms with E-state index in [0.717, 1.165) is 116 Å². The van der Waals surface area contributed by atoms with Crippen molar-refractivity contribution in [2.45, 2.75) is 348 Å². The first kappa shape index (κ1) is 77.3. The number of unbranched alkanes of at least 4 members (excludes halogenated alkanes) is 36. The van der Waals surface area contributed by atoms with Crippen molar-refractivity contribution in [1.29, 1.82) is 0 Å². The summed E-state index contributed by atoms with van der Waals surface area (Å²) < 4.78 is 17.0. The van der Waals surface area contributed by atoms with E-state index in [4.69, 9.17) is 14.2 Å². The summed E-state index contributed by atoms with van der Waals surface area (Å²) in [5, 5.41) is 0. The molecular weight excluding hydrogens is 997 g/mol. The van der Waals surface area contributed by atoms with Crippen molar-refractivity contribution in [1.82, 2.24) is 0 Å². The molecule has 0 aromatic rings. The molecule has 0 aliphatic carbocycles. The number of rotatable bonds is 63. The monoisotopic (exact) mass is 1130 g/mol. The van der Waals surface area contributed by atoms with E-state index in [1.54, 1.807) is 0 Å². The number of allylic oxidation sites excluding steroid dienone is 16. The maximum Gasteiger partial charge on any atom is 0.306 e. The van der Waals surface area contributed by atoms with Crippen LogP contribution in [0.3, 0.4) is 0 Å². The molecule has 0 rings (SSSR count). The second-order valence-electron chi connectivity index (χ2n) is 23.1. The fourth-order valence-corrected chi connectivity index (χ4v) is 9.85. The van der Waals surface area contributed by atoms with Crippen LogP contribution in [-0.4, -0.2) is 37.2 Å². The Morgan fingerprint density at radius 1 is 0.259 bits per heavy atom. The van der Waals surface area contributed by atoms with Crippen LogP contribution in [0.4, 0.5) is 0 Å². The lowest BCUT2D eigenvalue weighted by molar-refractivity contribution is -0.167. The lowest BCUT2D eigenvalue weighted by Gasteiger charge is -2.18. The van der Waals surface area contributed by atoms with Crippen LogP contribution in [0.15, 0.2) is 97.2 Å². The zero-order chi connectivity index (χ0) is 58.5. The number of hydrogen-bond donors (Lipinski definition) is 0. The van der Waals surface area contributed by atoms with Crippen LogP contribution < -0.4 is 0 Å². The molecule has 0 aromatic heterocycles. The second-order valence-corrected chi connectivity index (χ2v) is 23.1. The van der Waals surface area contributed by atoms with E-state index in [-0.39, 0.29) is 31.1 Å². The summed E-state index contributed by atoms with van der Waals surface area (Å²) in [7, 11) is 0. The zero-order valence-corrected chi connectivity index (χ0v) is 53.5. The molecule has 0 saturated heterocycles. The Morgan fingerprint density at radius 3 is 0.778 bits per heavy atom. The van der Waals surface area contributed by atoms with Crippen LogP contribution in [0.1, 0.15) is 342 Å². The van der Waals surface area contributed by atoms with Crippen molar-refractivity contribution in [3.63, 3.8) is 0 Å². The minimum atomic E-state index is -0.796. The standard InChI is InChI=1S/C75H130O6/c1-4-7-10-13-16-19-22-25-28-31-32-33-34-35-36-37-38-39-40-41-42-45-47-50-53-56-59-62-65-68-74(77)80-71-72(81-75(78)69-66-63-60-57-54-51-48-44-30-27-24-21-18-15-12-9-6-3)70-79-73(76)67-64-61-58-55-52-49-46-43-29-26-23-20-17-14-11-8-5-2/h9,12,17-18,20-22,25-27,29-32,48,51,72H,4-8,10-11,13-16,19,23-24,28,33-47,49-50,52-71H2,1-3H3/b12-9-,20-17-,21-18-,25-22-,29-26-,30-27-,32-31-,51-48-. The van der Waals surface area contributed by atoms with E-state index >= 15 is 0 Å². The molecule has 0 spiro atoms. The van der Waals surface area contributed by atoms with Crippen molar-refractivity contribution < 1.29 is 28.6 Å². The van der Waals surface area contributed by atoms with Gasteiger partial charge >= 0.3 is 17.9 Å². The Morgan fingerprint density at radius 2 is 0.481 bits per heavy atom. The first-order valence-corrected chi connectivity index (χ1v) is 34.7. The first-order valence-electron chi connectivity index (χ1n) is 34.7. The van der Waals surface area contributed by atoms with E-state index in [1.165, 1.54) is 186 Å². The second kappa shape index (κ2) is 68.8. The first-order chi connectivity index (χ1) is 40.0. The average Bonchev–Trinajstić information content (AvgIpc) is 3.47. The van der Waals surface area contributed by atoms with E-state index < -0.39 is 6.10 Å². The summed E-state index contributed by atoms with van der Waals surface area (Å²) in [5.74, 6) is -0.906. The molecule has 0 heterocycles. The molecular formula is C75H130O6. The predicted molar refractivity (Wildman–Crippen MR) is 353 cm³/mol. The van der Waals surface area contributed by atoms with E-state index in [0.29, 0.717) is 19.3 Å². The molecule has 0 N–H and O–H groups in total. The highest BCUT2D eigenvalue weighted by molar-refractivity contribution is 5.71. The van der Waals surface area contributed by atoms with Gasteiger partial charge in [0.05, 0.1) is 0 Å². The van der Waals surface area contributed by atoms with Crippen molar-refractivity contribution in [2.75, 3.05) is 13.2 Å². The smallest absolute Gasteiger partial charge is 0.306 e. The molecule has 1 atom stereocenters. The molecule has 6 heteroatoms. The molecule has 0 aromatic carbocycles. The van der Waals surface area contributed by atoms with Gasteiger partial charge in [0.25, 0.3) is 0 Å². The van der Waals surface area contributed by atoms with E-state index in [2.05, 4.69) is 118 Å². The van der Waals surface area contributed by atoms with E-state index in [9.17, 15) is 14.4 Å². The molecule has 0 saturated carbocycles. The van der Waals surface area contributed by atoms with Gasteiger partial charge in [-0.3, -0.25) is 14.4 Å². The highest BCUT2D eigenvalue weighted by Crippen LogP contribution is 2.17. The summed E-state index contributed by atoms with van der Waals surface area (Å²) in [6.07, 6.45) is 92.9. The number of ether oxygens (including phenoxy) is 3. The molecule has 0 aliphatic rings. The average molecular weight is 1130 g/mol. The summed E-state index contributed by atoms with van der Waals surface area (Å²) in [5.41, 5.74) is 0.